The van der Waals surface area contributed by atoms with E-state index in [0.717, 1.165) is 13.0 Å². The van der Waals surface area contributed by atoms with Crippen LogP contribution in [0.1, 0.15) is 26.2 Å². The quantitative estimate of drug-likeness (QED) is 0.619. The minimum Gasteiger partial charge on any atom is -0.392 e. The van der Waals surface area contributed by atoms with E-state index in [9.17, 15) is 5.11 Å². The Morgan fingerprint density at radius 2 is 2.30 bits per heavy atom. The highest BCUT2D eigenvalue weighted by molar-refractivity contribution is 4.81. The third-order valence-corrected chi connectivity index (χ3v) is 2.29. The molecule has 1 aliphatic heterocycles. The van der Waals surface area contributed by atoms with Crippen LogP contribution in [-0.2, 0) is 0 Å². The third kappa shape index (κ3) is 1.70. The Kier molecular flexibility index (Phi) is 2.69. The average Bonchev–Trinajstić information content (AvgIpc) is 2.13. The van der Waals surface area contributed by atoms with Gasteiger partial charge in [0.25, 0.3) is 0 Å². The molecule has 2 atom stereocenters. The number of nitrogens with zero attached hydrogens (tertiary/aromatic N) is 1. The van der Waals surface area contributed by atoms with E-state index in [2.05, 4.69) is 18.9 Å². The van der Waals surface area contributed by atoms with Crippen molar-refractivity contribution in [1.29, 1.82) is 0 Å². The van der Waals surface area contributed by atoms with Crippen LogP contribution in [0.5, 0.6) is 0 Å². The standard InChI is InChI=1S/C8H17NO/c1-3-4-7-5-8(10)6-9(7)2/h7-8,10H,3-6H2,1-2H3/t7-,8+/m0/s1. The number of hydrogen-bond donors (Lipinski definition) is 1. The first kappa shape index (κ1) is 8.02. The van der Waals surface area contributed by atoms with Crippen molar-refractivity contribution in [3.63, 3.8) is 0 Å². The minimum atomic E-state index is -0.0680. The van der Waals surface area contributed by atoms with Crippen LogP contribution < -0.4 is 0 Å². The summed E-state index contributed by atoms with van der Waals surface area (Å²) in [5.74, 6) is 0. The number of aliphatic hydroxyl groups excluding tert-OH is 1. The molecule has 1 aliphatic rings. The minimum absolute atomic E-state index is 0.0680. The predicted octanol–water partition coefficient (Wildman–Crippen LogP) is 0.851. The van der Waals surface area contributed by atoms with Crippen LogP contribution in [0.4, 0.5) is 0 Å². The summed E-state index contributed by atoms with van der Waals surface area (Å²) in [5.41, 5.74) is 0. The van der Waals surface area contributed by atoms with Crippen molar-refractivity contribution in [2.75, 3.05) is 13.6 Å². The van der Waals surface area contributed by atoms with E-state index in [1.807, 2.05) is 0 Å². The first-order chi connectivity index (χ1) is 4.74. The molecule has 0 amide bonds. The summed E-state index contributed by atoms with van der Waals surface area (Å²) in [7, 11) is 2.09. The van der Waals surface area contributed by atoms with Gasteiger partial charge in [-0.3, -0.25) is 0 Å². The molecule has 0 unspecified atom stereocenters. The summed E-state index contributed by atoms with van der Waals surface area (Å²) in [6.45, 7) is 3.06. The fraction of sp³-hybridized carbons (Fsp3) is 1.00. The molecule has 0 aromatic heterocycles. The number of rotatable bonds is 2. The van der Waals surface area contributed by atoms with Gasteiger partial charge in [-0.1, -0.05) is 13.3 Å². The number of aliphatic hydroxyl groups is 1. The first-order valence-corrected chi connectivity index (χ1v) is 4.12. The van der Waals surface area contributed by atoms with E-state index in [-0.39, 0.29) is 6.10 Å². The molecule has 0 saturated carbocycles. The monoisotopic (exact) mass is 143 g/mol. The fourth-order valence-electron chi connectivity index (χ4n) is 1.72. The van der Waals surface area contributed by atoms with Gasteiger partial charge in [0.2, 0.25) is 0 Å². The Morgan fingerprint density at radius 3 is 2.70 bits per heavy atom. The Hall–Kier alpha value is -0.0800. The molecule has 0 spiro atoms. The van der Waals surface area contributed by atoms with Crippen molar-refractivity contribution in [3.05, 3.63) is 0 Å². The van der Waals surface area contributed by atoms with E-state index < -0.39 is 0 Å². The molecule has 2 nitrogen and oxygen atoms in total. The maximum Gasteiger partial charge on any atom is 0.0682 e. The number of β-amino-alcohol motifs (C(OH)–C–C–N with tert-alkyl or cyclic N) is 1. The first-order valence-electron chi connectivity index (χ1n) is 4.12. The molecule has 0 bridgehead atoms. The lowest BCUT2D eigenvalue weighted by Gasteiger charge is -2.17. The van der Waals surface area contributed by atoms with Crippen LogP contribution in [0.2, 0.25) is 0 Å². The van der Waals surface area contributed by atoms with Gasteiger partial charge in [0, 0.05) is 12.6 Å². The highest BCUT2D eigenvalue weighted by Crippen LogP contribution is 2.19. The zero-order valence-corrected chi connectivity index (χ0v) is 6.88. The van der Waals surface area contributed by atoms with Crippen LogP contribution in [-0.4, -0.2) is 35.7 Å². The summed E-state index contributed by atoms with van der Waals surface area (Å²) in [6.07, 6.45) is 3.36. The zero-order valence-electron chi connectivity index (χ0n) is 6.88. The second kappa shape index (κ2) is 3.35. The molecule has 10 heavy (non-hydrogen) atoms. The summed E-state index contributed by atoms with van der Waals surface area (Å²) in [5, 5.41) is 9.25. The smallest absolute Gasteiger partial charge is 0.0682 e. The zero-order chi connectivity index (χ0) is 7.56. The summed E-state index contributed by atoms with van der Waals surface area (Å²) >= 11 is 0. The van der Waals surface area contributed by atoms with Crippen LogP contribution in [0.25, 0.3) is 0 Å². The van der Waals surface area contributed by atoms with Crippen LogP contribution in [0.15, 0.2) is 0 Å². The maximum atomic E-state index is 9.25. The van der Waals surface area contributed by atoms with Gasteiger partial charge in [-0.05, 0) is 19.9 Å². The van der Waals surface area contributed by atoms with Crippen molar-refractivity contribution < 1.29 is 5.11 Å². The van der Waals surface area contributed by atoms with Gasteiger partial charge in [0.15, 0.2) is 0 Å². The van der Waals surface area contributed by atoms with Gasteiger partial charge in [0.1, 0.15) is 0 Å². The topological polar surface area (TPSA) is 23.5 Å². The largest absolute Gasteiger partial charge is 0.392 e. The van der Waals surface area contributed by atoms with Gasteiger partial charge in [0.05, 0.1) is 6.10 Å². The van der Waals surface area contributed by atoms with Crippen molar-refractivity contribution in [2.24, 2.45) is 0 Å². The molecule has 1 fully saturated rings. The molecule has 1 heterocycles. The van der Waals surface area contributed by atoms with E-state index >= 15 is 0 Å². The van der Waals surface area contributed by atoms with Gasteiger partial charge < -0.3 is 10.0 Å². The van der Waals surface area contributed by atoms with E-state index in [1.165, 1.54) is 12.8 Å². The van der Waals surface area contributed by atoms with E-state index in [4.69, 9.17) is 0 Å². The van der Waals surface area contributed by atoms with Crippen molar-refractivity contribution in [1.82, 2.24) is 4.90 Å². The molecule has 0 aliphatic carbocycles. The Bertz CT molecular complexity index is 105. The van der Waals surface area contributed by atoms with Gasteiger partial charge >= 0.3 is 0 Å². The molecule has 60 valence electrons. The Labute approximate surface area is 62.8 Å². The second-order valence-corrected chi connectivity index (χ2v) is 3.27. The van der Waals surface area contributed by atoms with Gasteiger partial charge in [-0.15, -0.1) is 0 Å². The van der Waals surface area contributed by atoms with E-state index in [0.29, 0.717) is 6.04 Å². The van der Waals surface area contributed by atoms with E-state index in [1.54, 1.807) is 0 Å². The number of likely N-dealkylation sites (tertiary alicyclic amines) is 1. The third-order valence-electron chi connectivity index (χ3n) is 2.29. The molecule has 1 saturated heterocycles. The Morgan fingerprint density at radius 1 is 1.60 bits per heavy atom. The normalized spacial score (nSPS) is 35.1. The molecule has 0 aromatic carbocycles. The lowest BCUT2D eigenvalue weighted by molar-refractivity contribution is 0.182. The highest BCUT2D eigenvalue weighted by atomic mass is 16.3. The molecule has 1 N–H and O–H groups in total. The molecule has 0 radical (unpaired) electrons. The van der Waals surface area contributed by atoms with Gasteiger partial charge in [-0.25, -0.2) is 0 Å². The average molecular weight is 143 g/mol. The lowest BCUT2D eigenvalue weighted by Crippen LogP contribution is -2.24. The summed E-state index contributed by atoms with van der Waals surface area (Å²) < 4.78 is 0. The molecule has 0 aromatic rings. The highest BCUT2D eigenvalue weighted by Gasteiger charge is 2.26. The molecule has 2 heteroatoms. The van der Waals surface area contributed by atoms with Crippen LogP contribution in [0.3, 0.4) is 0 Å². The second-order valence-electron chi connectivity index (χ2n) is 3.27. The van der Waals surface area contributed by atoms with Crippen molar-refractivity contribution in [2.45, 2.75) is 38.3 Å². The predicted molar refractivity (Wildman–Crippen MR) is 41.9 cm³/mol. The summed E-state index contributed by atoms with van der Waals surface area (Å²) in [6, 6.07) is 0.639. The lowest BCUT2D eigenvalue weighted by atomic mass is 10.1. The molecule has 1 rings (SSSR count). The summed E-state index contributed by atoms with van der Waals surface area (Å²) in [4.78, 5) is 2.26. The molecular formula is C8H17NO. The van der Waals surface area contributed by atoms with Crippen LogP contribution in [0, 0.1) is 0 Å². The van der Waals surface area contributed by atoms with Crippen molar-refractivity contribution >= 4 is 0 Å². The van der Waals surface area contributed by atoms with Crippen LogP contribution >= 0.6 is 0 Å². The number of hydrogen-bond acceptors (Lipinski definition) is 2. The number of likely N-dealkylation sites (N-methyl/N-ethyl adjacent to an activating group) is 1. The fourth-order valence-corrected chi connectivity index (χ4v) is 1.72. The maximum absolute atomic E-state index is 9.25. The molecular weight excluding hydrogens is 126 g/mol. The van der Waals surface area contributed by atoms with Gasteiger partial charge in [-0.2, -0.15) is 0 Å². The van der Waals surface area contributed by atoms with Crippen molar-refractivity contribution in [3.8, 4) is 0 Å². The Balaban J connectivity index is 2.31. The SMILES string of the molecule is CCC[C@H]1C[C@@H](O)CN1C.